The number of H-pyrrole nitrogens is 1. The highest BCUT2D eigenvalue weighted by Gasteiger charge is 2.22. The Morgan fingerprint density at radius 2 is 1.97 bits per heavy atom. The lowest BCUT2D eigenvalue weighted by Gasteiger charge is -2.20. The van der Waals surface area contributed by atoms with E-state index in [1.54, 1.807) is 6.07 Å². The van der Waals surface area contributed by atoms with Crippen molar-refractivity contribution in [2.24, 2.45) is 5.92 Å². The number of tetrazole rings is 1. The Bertz CT molecular complexity index is 1140. The van der Waals surface area contributed by atoms with E-state index < -0.39 is 0 Å². The number of nitrogens with one attached hydrogen (secondary N) is 2. The van der Waals surface area contributed by atoms with Crippen molar-refractivity contribution in [1.29, 1.82) is 0 Å². The SMILES string of the molecule is CC(C)[C@@H](NC(=O)CSc1nnnn1-c1ccccc1Cl)c1nc2ccccc2[nH]1. The van der Waals surface area contributed by atoms with E-state index in [4.69, 9.17) is 11.6 Å². The maximum atomic E-state index is 12.7. The van der Waals surface area contributed by atoms with Crippen LogP contribution >= 0.6 is 23.4 Å². The van der Waals surface area contributed by atoms with E-state index in [1.165, 1.54) is 16.4 Å². The Kier molecular flexibility index (Phi) is 6.01. The number of benzene rings is 2. The number of aromatic amines is 1. The van der Waals surface area contributed by atoms with Gasteiger partial charge in [0.15, 0.2) is 0 Å². The normalized spacial score (nSPS) is 12.4. The molecule has 0 saturated carbocycles. The topological polar surface area (TPSA) is 101 Å². The van der Waals surface area contributed by atoms with Gasteiger partial charge in [-0.1, -0.05) is 61.5 Å². The van der Waals surface area contributed by atoms with Gasteiger partial charge < -0.3 is 10.3 Å². The van der Waals surface area contributed by atoms with Crippen LogP contribution in [0.5, 0.6) is 0 Å². The number of carbonyl (C=O) groups excluding carboxylic acids is 1. The van der Waals surface area contributed by atoms with Gasteiger partial charge in [0.2, 0.25) is 11.1 Å². The van der Waals surface area contributed by atoms with Gasteiger partial charge in [-0.15, -0.1) is 5.10 Å². The summed E-state index contributed by atoms with van der Waals surface area (Å²) in [6, 6.07) is 14.8. The van der Waals surface area contributed by atoms with Crippen LogP contribution < -0.4 is 5.32 Å². The van der Waals surface area contributed by atoms with Gasteiger partial charge in [-0.2, -0.15) is 4.68 Å². The van der Waals surface area contributed by atoms with E-state index in [9.17, 15) is 4.79 Å². The lowest BCUT2D eigenvalue weighted by atomic mass is 10.0. The van der Waals surface area contributed by atoms with Crippen LogP contribution in [-0.4, -0.2) is 41.8 Å². The van der Waals surface area contributed by atoms with Gasteiger partial charge in [0.1, 0.15) is 5.82 Å². The summed E-state index contributed by atoms with van der Waals surface area (Å²) in [5.41, 5.74) is 2.48. The summed E-state index contributed by atoms with van der Waals surface area (Å²) in [6.07, 6.45) is 0. The number of carbonyl (C=O) groups is 1. The zero-order valence-electron chi connectivity index (χ0n) is 16.4. The Labute approximate surface area is 182 Å². The molecule has 1 amide bonds. The van der Waals surface area contributed by atoms with E-state index in [0.29, 0.717) is 15.9 Å². The number of rotatable bonds is 7. The second-order valence-corrected chi connectivity index (χ2v) is 8.39. The Hall–Kier alpha value is -2.91. The minimum Gasteiger partial charge on any atom is -0.345 e. The van der Waals surface area contributed by atoms with Gasteiger partial charge in [-0.3, -0.25) is 4.79 Å². The number of nitrogens with zero attached hydrogens (tertiary/aromatic N) is 5. The van der Waals surface area contributed by atoms with Crippen LogP contribution in [0.3, 0.4) is 0 Å². The standard InChI is InChI=1S/C20H20ClN7OS/c1-12(2)18(19-22-14-8-4-5-9-15(14)23-19)24-17(29)11-30-20-25-26-27-28(20)16-10-6-3-7-13(16)21/h3-10,12,18H,11H2,1-2H3,(H,22,23)(H,24,29)/t18-/m1/s1. The van der Waals surface area contributed by atoms with Crippen LogP contribution in [0.15, 0.2) is 53.7 Å². The second kappa shape index (κ2) is 8.85. The summed E-state index contributed by atoms with van der Waals surface area (Å²) < 4.78 is 1.53. The third kappa shape index (κ3) is 4.31. The molecule has 4 rings (SSSR count). The molecule has 0 saturated heterocycles. The summed E-state index contributed by atoms with van der Waals surface area (Å²) >= 11 is 7.48. The Balaban J connectivity index is 1.45. The first kappa shape index (κ1) is 20.4. The molecule has 30 heavy (non-hydrogen) atoms. The molecule has 2 aromatic heterocycles. The second-order valence-electron chi connectivity index (χ2n) is 7.04. The maximum Gasteiger partial charge on any atom is 0.231 e. The largest absolute Gasteiger partial charge is 0.345 e. The average molecular weight is 442 g/mol. The van der Waals surface area contributed by atoms with E-state index in [0.717, 1.165) is 16.9 Å². The third-order valence-corrected chi connectivity index (χ3v) is 5.78. The van der Waals surface area contributed by atoms with Gasteiger partial charge in [-0.05, 0) is 40.6 Å². The van der Waals surface area contributed by atoms with E-state index in [2.05, 4.69) is 30.8 Å². The first-order chi connectivity index (χ1) is 14.5. The van der Waals surface area contributed by atoms with Gasteiger partial charge in [0.05, 0.1) is 33.5 Å². The van der Waals surface area contributed by atoms with Crippen LogP contribution in [0.1, 0.15) is 25.7 Å². The van der Waals surface area contributed by atoms with Crippen molar-refractivity contribution in [1.82, 2.24) is 35.5 Å². The Morgan fingerprint density at radius 3 is 2.73 bits per heavy atom. The zero-order valence-corrected chi connectivity index (χ0v) is 18.0. The molecule has 0 fully saturated rings. The van der Waals surface area contributed by atoms with Crippen LogP contribution in [0.4, 0.5) is 0 Å². The molecule has 2 N–H and O–H groups in total. The first-order valence-corrected chi connectivity index (χ1v) is 10.8. The number of hydrogen-bond acceptors (Lipinski definition) is 6. The molecule has 4 aromatic rings. The predicted molar refractivity (Wildman–Crippen MR) is 117 cm³/mol. The summed E-state index contributed by atoms with van der Waals surface area (Å²) in [6.45, 7) is 4.09. The highest BCUT2D eigenvalue weighted by Crippen LogP contribution is 2.25. The number of imidazole rings is 1. The number of fused-ring (bicyclic) bond motifs is 1. The summed E-state index contributed by atoms with van der Waals surface area (Å²) in [7, 11) is 0. The van der Waals surface area contributed by atoms with E-state index >= 15 is 0 Å². The summed E-state index contributed by atoms with van der Waals surface area (Å²) in [4.78, 5) is 20.6. The van der Waals surface area contributed by atoms with Crippen molar-refractivity contribution < 1.29 is 4.79 Å². The zero-order chi connectivity index (χ0) is 21.1. The molecule has 0 aliphatic heterocycles. The fourth-order valence-electron chi connectivity index (χ4n) is 3.06. The molecular weight excluding hydrogens is 422 g/mol. The van der Waals surface area contributed by atoms with E-state index in [1.807, 2.05) is 56.3 Å². The number of thioether (sulfide) groups is 1. The molecule has 10 heteroatoms. The van der Waals surface area contributed by atoms with Crippen LogP contribution in [-0.2, 0) is 4.79 Å². The lowest BCUT2D eigenvalue weighted by molar-refractivity contribution is -0.119. The number of para-hydroxylation sites is 3. The molecule has 154 valence electrons. The molecule has 8 nitrogen and oxygen atoms in total. The van der Waals surface area contributed by atoms with Gasteiger partial charge in [0, 0.05) is 0 Å². The molecule has 0 aliphatic carbocycles. The van der Waals surface area contributed by atoms with Crippen molar-refractivity contribution in [3.8, 4) is 5.69 Å². The summed E-state index contributed by atoms with van der Waals surface area (Å²) in [5.74, 6) is 0.931. The monoisotopic (exact) mass is 441 g/mol. The van der Waals surface area contributed by atoms with Crippen molar-refractivity contribution in [2.45, 2.75) is 25.0 Å². The molecule has 1 atom stereocenters. The highest BCUT2D eigenvalue weighted by atomic mass is 35.5. The first-order valence-electron chi connectivity index (χ1n) is 9.43. The third-order valence-electron chi connectivity index (χ3n) is 4.54. The minimum absolute atomic E-state index is 0.132. The predicted octanol–water partition coefficient (Wildman–Crippen LogP) is 3.80. The van der Waals surface area contributed by atoms with Crippen molar-refractivity contribution in [3.05, 3.63) is 59.4 Å². The fraction of sp³-hybridized carbons (Fsp3) is 0.250. The smallest absolute Gasteiger partial charge is 0.231 e. The Morgan fingerprint density at radius 1 is 1.20 bits per heavy atom. The van der Waals surface area contributed by atoms with Gasteiger partial charge >= 0.3 is 0 Å². The molecular formula is C20H20ClN7OS. The number of amides is 1. The van der Waals surface area contributed by atoms with Gasteiger partial charge in [0.25, 0.3) is 0 Å². The molecule has 0 unspecified atom stereocenters. The highest BCUT2D eigenvalue weighted by molar-refractivity contribution is 7.99. The molecule has 0 spiro atoms. The maximum absolute atomic E-state index is 12.7. The van der Waals surface area contributed by atoms with Crippen molar-refractivity contribution in [2.75, 3.05) is 5.75 Å². The number of halogens is 1. The molecule has 2 heterocycles. The molecule has 0 radical (unpaired) electrons. The number of hydrogen-bond donors (Lipinski definition) is 2. The molecule has 0 bridgehead atoms. The molecule has 2 aromatic carbocycles. The van der Waals surface area contributed by atoms with Crippen LogP contribution in [0, 0.1) is 5.92 Å². The number of aromatic nitrogens is 6. The lowest BCUT2D eigenvalue weighted by Crippen LogP contribution is -2.33. The van der Waals surface area contributed by atoms with Crippen LogP contribution in [0.2, 0.25) is 5.02 Å². The van der Waals surface area contributed by atoms with E-state index in [-0.39, 0.29) is 23.6 Å². The fourth-order valence-corrected chi connectivity index (χ4v) is 3.97. The molecule has 0 aliphatic rings. The van der Waals surface area contributed by atoms with Gasteiger partial charge in [-0.25, -0.2) is 4.98 Å². The summed E-state index contributed by atoms with van der Waals surface area (Å²) in [5, 5.41) is 15.8. The minimum atomic E-state index is -0.231. The van der Waals surface area contributed by atoms with Crippen molar-refractivity contribution in [3.63, 3.8) is 0 Å². The van der Waals surface area contributed by atoms with Crippen molar-refractivity contribution >= 4 is 40.3 Å². The average Bonchev–Trinajstić information content (AvgIpc) is 3.37. The quantitative estimate of drug-likeness (QED) is 0.423. The van der Waals surface area contributed by atoms with Crippen LogP contribution in [0.25, 0.3) is 16.7 Å².